The Bertz CT molecular complexity index is 725. The fourth-order valence-corrected chi connectivity index (χ4v) is 4.02. The molecule has 0 radical (unpaired) electrons. The van der Waals surface area contributed by atoms with Gasteiger partial charge in [-0.2, -0.15) is 0 Å². The van der Waals surface area contributed by atoms with Crippen LogP contribution in [0.2, 0.25) is 0 Å². The third kappa shape index (κ3) is 3.83. The van der Waals surface area contributed by atoms with Crippen LogP contribution in [0.25, 0.3) is 10.9 Å². The molecule has 0 unspecified atom stereocenters. The molecule has 24 heavy (non-hydrogen) atoms. The Hall–Kier alpha value is -1.75. The van der Waals surface area contributed by atoms with E-state index in [2.05, 4.69) is 19.1 Å². The number of amides is 1. The molecular weight excluding hydrogens is 320 g/mol. The van der Waals surface area contributed by atoms with Crippen molar-refractivity contribution in [2.24, 2.45) is 0 Å². The van der Waals surface area contributed by atoms with Crippen molar-refractivity contribution in [1.29, 1.82) is 0 Å². The van der Waals surface area contributed by atoms with Gasteiger partial charge in [0.1, 0.15) is 11.3 Å². The van der Waals surface area contributed by atoms with Crippen LogP contribution < -0.4 is 4.74 Å². The molecule has 0 N–H and O–H groups in total. The quantitative estimate of drug-likeness (QED) is 0.785. The van der Waals surface area contributed by atoms with Crippen LogP contribution >= 0.6 is 11.8 Å². The van der Waals surface area contributed by atoms with E-state index in [1.807, 2.05) is 17.0 Å². The number of fused-ring (bicyclic) bond motifs is 1. The molecule has 1 fully saturated rings. The molecule has 1 aliphatic heterocycles. The van der Waals surface area contributed by atoms with E-state index in [0.29, 0.717) is 5.75 Å². The maximum atomic E-state index is 12.4. The maximum Gasteiger partial charge on any atom is 0.232 e. The van der Waals surface area contributed by atoms with Gasteiger partial charge in [-0.15, -0.1) is 0 Å². The number of aromatic nitrogens is 1. The second kappa shape index (κ2) is 7.88. The molecule has 128 valence electrons. The van der Waals surface area contributed by atoms with Gasteiger partial charge in [0.05, 0.1) is 17.9 Å². The number of carbonyl (C=O) groups excluding carboxylic acids is 1. The minimum absolute atomic E-state index is 0.224. The van der Waals surface area contributed by atoms with Crippen LogP contribution in [0.15, 0.2) is 29.3 Å². The predicted octanol–water partition coefficient (Wildman–Crippen LogP) is 4.05. The van der Waals surface area contributed by atoms with Crippen molar-refractivity contribution in [3.8, 4) is 5.75 Å². The highest BCUT2D eigenvalue weighted by Crippen LogP contribution is 2.29. The van der Waals surface area contributed by atoms with Gasteiger partial charge in [0.25, 0.3) is 0 Å². The van der Waals surface area contributed by atoms with Gasteiger partial charge in [0.15, 0.2) is 0 Å². The molecule has 2 heterocycles. The maximum absolute atomic E-state index is 12.4. The highest BCUT2D eigenvalue weighted by molar-refractivity contribution is 7.99. The van der Waals surface area contributed by atoms with E-state index < -0.39 is 0 Å². The van der Waals surface area contributed by atoms with Gasteiger partial charge < -0.3 is 9.64 Å². The number of nitrogens with zero attached hydrogens (tertiary/aromatic N) is 2. The molecule has 3 rings (SSSR count). The number of pyridine rings is 1. The van der Waals surface area contributed by atoms with Crippen LogP contribution in [0.5, 0.6) is 5.75 Å². The van der Waals surface area contributed by atoms with Crippen LogP contribution in [0, 0.1) is 6.92 Å². The largest absolute Gasteiger partial charge is 0.494 e. The molecule has 1 aromatic heterocycles. The van der Waals surface area contributed by atoms with Crippen LogP contribution in [-0.4, -0.2) is 41.7 Å². The Labute approximate surface area is 147 Å². The van der Waals surface area contributed by atoms with Crippen molar-refractivity contribution in [2.45, 2.75) is 37.6 Å². The zero-order valence-electron chi connectivity index (χ0n) is 14.4. The van der Waals surface area contributed by atoms with E-state index >= 15 is 0 Å². The molecule has 0 saturated carbocycles. The zero-order valence-corrected chi connectivity index (χ0v) is 15.2. The number of aryl methyl sites for hydroxylation is 1. The Morgan fingerprint density at radius 3 is 2.71 bits per heavy atom. The summed E-state index contributed by atoms with van der Waals surface area (Å²) in [7, 11) is 1.66. The standard InChI is InChI=1S/C19H24N2O2S/c1-14-12-17(20-19-15(14)8-7-9-16(19)23-2)24-13-18(22)21-10-5-3-4-6-11-21/h7-9,12H,3-6,10-11,13H2,1-2H3. The molecule has 1 aromatic carbocycles. The van der Waals surface area contributed by atoms with Crippen molar-refractivity contribution >= 4 is 28.6 Å². The van der Waals surface area contributed by atoms with Gasteiger partial charge in [0.2, 0.25) is 5.91 Å². The summed E-state index contributed by atoms with van der Waals surface area (Å²) in [6.07, 6.45) is 4.73. The average molecular weight is 344 g/mol. The first kappa shape index (κ1) is 17.1. The smallest absolute Gasteiger partial charge is 0.232 e. The Morgan fingerprint density at radius 2 is 2.00 bits per heavy atom. The minimum atomic E-state index is 0.224. The molecule has 0 atom stereocenters. The Balaban J connectivity index is 1.74. The summed E-state index contributed by atoms with van der Waals surface area (Å²) in [5.41, 5.74) is 2.02. The second-order valence-electron chi connectivity index (χ2n) is 6.22. The first-order valence-corrected chi connectivity index (χ1v) is 9.52. The molecule has 0 bridgehead atoms. The van der Waals surface area contributed by atoms with Gasteiger partial charge in [-0.3, -0.25) is 4.79 Å². The normalized spacial score (nSPS) is 15.3. The summed E-state index contributed by atoms with van der Waals surface area (Å²) in [5, 5.41) is 1.98. The fraction of sp³-hybridized carbons (Fsp3) is 0.474. The number of hydrogen-bond donors (Lipinski definition) is 0. The molecule has 2 aromatic rings. The molecular formula is C19H24N2O2S. The van der Waals surface area contributed by atoms with Crippen LogP contribution in [0.4, 0.5) is 0 Å². The van der Waals surface area contributed by atoms with Crippen molar-refractivity contribution in [3.05, 3.63) is 29.8 Å². The lowest BCUT2D eigenvalue weighted by molar-refractivity contribution is -0.128. The van der Waals surface area contributed by atoms with E-state index in [4.69, 9.17) is 9.72 Å². The monoisotopic (exact) mass is 344 g/mol. The lowest BCUT2D eigenvalue weighted by Gasteiger charge is -2.20. The number of methoxy groups -OCH3 is 1. The molecule has 4 nitrogen and oxygen atoms in total. The molecule has 1 amide bonds. The highest BCUT2D eigenvalue weighted by Gasteiger charge is 2.16. The van der Waals surface area contributed by atoms with E-state index in [9.17, 15) is 4.79 Å². The topological polar surface area (TPSA) is 42.4 Å². The Kier molecular flexibility index (Phi) is 5.61. The molecule has 1 aliphatic rings. The molecule has 5 heteroatoms. The summed E-state index contributed by atoms with van der Waals surface area (Å²) >= 11 is 1.52. The second-order valence-corrected chi connectivity index (χ2v) is 7.21. The van der Waals surface area contributed by atoms with Crippen LogP contribution in [0.1, 0.15) is 31.2 Å². The number of para-hydroxylation sites is 1. The van der Waals surface area contributed by atoms with Crippen LogP contribution in [-0.2, 0) is 4.79 Å². The molecule has 0 aliphatic carbocycles. The molecule has 0 spiro atoms. The van der Waals surface area contributed by atoms with Crippen molar-refractivity contribution in [3.63, 3.8) is 0 Å². The SMILES string of the molecule is COc1cccc2c(C)cc(SCC(=O)N3CCCCCC3)nc12. The summed E-state index contributed by atoms with van der Waals surface area (Å²) < 4.78 is 5.43. The van der Waals surface area contributed by atoms with E-state index in [-0.39, 0.29) is 5.91 Å². The summed E-state index contributed by atoms with van der Waals surface area (Å²) in [6, 6.07) is 8.01. The number of benzene rings is 1. The van der Waals surface area contributed by atoms with Crippen molar-refractivity contribution in [2.75, 3.05) is 26.0 Å². The number of thioether (sulfide) groups is 1. The first-order chi connectivity index (χ1) is 11.7. The average Bonchev–Trinajstić information content (AvgIpc) is 2.88. The summed E-state index contributed by atoms with van der Waals surface area (Å²) in [6.45, 7) is 3.87. The van der Waals surface area contributed by atoms with Gasteiger partial charge in [-0.05, 0) is 37.5 Å². The van der Waals surface area contributed by atoms with Crippen LogP contribution in [0.3, 0.4) is 0 Å². The number of carbonyl (C=O) groups is 1. The predicted molar refractivity (Wildman–Crippen MR) is 98.8 cm³/mol. The minimum Gasteiger partial charge on any atom is -0.494 e. The summed E-state index contributed by atoms with van der Waals surface area (Å²) in [5.74, 6) is 1.45. The Morgan fingerprint density at radius 1 is 1.25 bits per heavy atom. The fourth-order valence-electron chi connectivity index (χ4n) is 3.15. The van der Waals surface area contributed by atoms with E-state index in [1.54, 1.807) is 7.11 Å². The van der Waals surface area contributed by atoms with Gasteiger partial charge in [-0.25, -0.2) is 4.98 Å². The number of rotatable bonds is 4. The number of ether oxygens (including phenoxy) is 1. The zero-order chi connectivity index (χ0) is 16.9. The van der Waals surface area contributed by atoms with Crippen molar-refractivity contribution < 1.29 is 9.53 Å². The lowest BCUT2D eigenvalue weighted by Crippen LogP contribution is -2.33. The van der Waals surface area contributed by atoms with E-state index in [0.717, 1.165) is 53.2 Å². The third-order valence-corrected chi connectivity index (χ3v) is 5.40. The summed E-state index contributed by atoms with van der Waals surface area (Å²) in [4.78, 5) is 19.2. The van der Waals surface area contributed by atoms with E-state index in [1.165, 1.54) is 24.6 Å². The highest BCUT2D eigenvalue weighted by atomic mass is 32.2. The third-order valence-electron chi connectivity index (χ3n) is 4.51. The van der Waals surface area contributed by atoms with Gasteiger partial charge >= 0.3 is 0 Å². The van der Waals surface area contributed by atoms with Gasteiger partial charge in [-0.1, -0.05) is 36.7 Å². The number of hydrogen-bond acceptors (Lipinski definition) is 4. The lowest BCUT2D eigenvalue weighted by atomic mass is 10.1. The van der Waals surface area contributed by atoms with Crippen molar-refractivity contribution in [1.82, 2.24) is 9.88 Å². The number of likely N-dealkylation sites (tertiary alicyclic amines) is 1. The first-order valence-electron chi connectivity index (χ1n) is 8.54. The van der Waals surface area contributed by atoms with Gasteiger partial charge in [0, 0.05) is 18.5 Å². The molecule has 1 saturated heterocycles.